The van der Waals surface area contributed by atoms with E-state index in [0.29, 0.717) is 12.2 Å². The van der Waals surface area contributed by atoms with Crippen molar-refractivity contribution in [2.24, 2.45) is 0 Å². The number of nitrogens with zero attached hydrogens (tertiary/aromatic N) is 2. The summed E-state index contributed by atoms with van der Waals surface area (Å²) in [7, 11) is -2.12. The standard InChI is InChI=1S/C13H13IN2O4S/c1-15-10-5-4-8(7-9(10)12(17)13(15)18)21(19,20)16-6-2-3-11(16)14/h4-5,7,11H,2-3,6H2,1H3/t11-/m0/s1. The van der Waals surface area contributed by atoms with Crippen LogP contribution in [-0.4, -0.2) is 42.1 Å². The number of rotatable bonds is 2. The third-order valence-corrected chi connectivity index (χ3v) is 7.39. The number of carbonyl (C=O) groups is 2. The second-order valence-electron chi connectivity index (χ2n) is 5.06. The summed E-state index contributed by atoms with van der Waals surface area (Å²) in [6, 6.07) is 4.29. The SMILES string of the molecule is CN1C(=O)C(=O)c2cc(S(=O)(=O)N3CCC[C@H]3I)ccc21. The van der Waals surface area contributed by atoms with Crippen molar-refractivity contribution in [3.63, 3.8) is 0 Å². The first kappa shape index (κ1) is 14.9. The quantitative estimate of drug-likeness (QED) is 0.314. The molecule has 0 aliphatic carbocycles. The first-order chi connectivity index (χ1) is 9.84. The predicted molar refractivity (Wildman–Crippen MR) is 85.1 cm³/mol. The van der Waals surface area contributed by atoms with Gasteiger partial charge in [0.1, 0.15) is 0 Å². The van der Waals surface area contributed by atoms with E-state index in [-0.39, 0.29) is 14.5 Å². The van der Waals surface area contributed by atoms with Gasteiger partial charge in [0, 0.05) is 13.6 Å². The molecule has 21 heavy (non-hydrogen) atoms. The summed E-state index contributed by atoms with van der Waals surface area (Å²) in [6.45, 7) is 0.486. The number of anilines is 1. The number of fused-ring (bicyclic) bond motifs is 1. The van der Waals surface area contributed by atoms with Gasteiger partial charge in [0.05, 0.1) is 20.2 Å². The monoisotopic (exact) mass is 420 g/mol. The highest BCUT2D eigenvalue weighted by Gasteiger charge is 2.37. The molecule has 0 saturated carbocycles. The van der Waals surface area contributed by atoms with Gasteiger partial charge < -0.3 is 4.90 Å². The van der Waals surface area contributed by atoms with Crippen LogP contribution in [0.5, 0.6) is 0 Å². The van der Waals surface area contributed by atoms with Gasteiger partial charge in [0.15, 0.2) is 0 Å². The van der Waals surface area contributed by atoms with Crippen molar-refractivity contribution in [2.75, 3.05) is 18.5 Å². The molecule has 0 aromatic heterocycles. The molecule has 0 spiro atoms. The first-order valence-electron chi connectivity index (χ1n) is 6.46. The van der Waals surface area contributed by atoms with E-state index in [2.05, 4.69) is 22.6 Å². The van der Waals surface area contributed by atoms with Crippen LogP contribution in [0.1, 0.15) is 23.2 Å². The molecule has 8 heteroatoms. The van der Waals surface area contributed by atoms with E-state index >= 15 is 0 Å². The summed E-state index contributed by atoms with van der Waals surface area (Å²) in [6.07, 6.45) is 1.66. The Labute approximate surface area is 136 Å². The van der Waals surface area contributed by atoms with Gasteiger partial charge in [-0.1, -0.05) is 22.6 Å². The maximum atomic E-state index is 12.6. The molecule has 0 radical (unpaired) electrons. The number of ketones is 1. The zero-order valence-corrected chi connectivity index (χ0v) is 14.2. The lowest BCUT2D eigenvalue weighted by Crippen LogP contribution is -2.32. The Bertz CT molecular complexity index is 747. The van der Waals surface area contributed by atoms with Crippen molar-refractivity contribution >= 4 is 50.0 Å². The average molecular weight is 420 g/mol. The molecule has 2 heterocycles. The Morgan fingerprint density at radius 1 is 1.29 bits per heavy atom. The van der Waals surface area contributed by atoms with E-state index < -0.39 is 21.7 Å². The largest absolute Gasteiger partial charge is 0.308 e. The molecule has 1 atom stereocenters. The normalized spacial score (nSPS) is 23.0. The van der Waals surface area contributed by atoms with Crippen LogP contribution >= 0.6 is 22.6 Å². The molecule has 6 nitrogen and oxygen atoms in total. The molecular formula is C13H13IN2O4S. The van der Waals surface area contributed by atoms with E-state index in [9.17, 15) is 18.0 Å². The molecule has 3 rings (SSSR count). The fourth-order valence-corrected chi connectivity index (χ4v) is 5.80. The minimum Gasteiger partial charge on any atom is -0.308 e. The number of likely N-dealkylation sites (N-methyl/N-ethyl adjacent to an activating group) is 1. The third kappa shape index (κ3) is 2.20. The Balaban J connectivity index is 2.06. The van der Waals surface area contributed by atoms with Crippen LogP contribution in [0.15, 0.2) is 23.1 Å². The van der Waals surface area contributed by atoms with Gasteiger partial charge in [-0.3, -0.25) is 9.59 Å². The molecule has 0 unspecified atom stereocenters. The third-order valence-electron chi connectivity index (χ3n) is 3.81. The van der Waals surface area contributed by atoms with Crippen LogP contribution in [-0.2, 0) is 14.8 Å². The second-order valence-corrected chi connectivity index (χ2v) is 8.39. The fraction of sp³-hybridized carbons (Fsp3) is 0.385. The molecule has 1 saturated heterocycles. The molecule has 1 amide bonds. The highest BCUT2D eigenvalue weighted by atomic mass is 127. The zero-order chi connectivity index (χ0) is 15.4. The summed E-state index contributed by atoms with van der Waals surface area (Å²) in [4.78, 5) is 24.8. The van der Waals surface area contributed by atoms with Gasteiger partial charge >= 0.3 is 0 Å². The summed E-state index contributed by atoms with van der Waals surface area (Å²) in [5, 5.41) is 0. The van der Waals surface area contributed by atoms with E-state index in [0.717, 1.165) is 12.8 Å². The van der Waals surface area contributed by atoms with E-state index in [1.165, 1.54) is 34.5 Å². The molecule has 112 valence electrons. The van der Waals surface area contributed by atoms with E-state index in [1.54, 1.807) is 0 Å². The van der Waals surface area contributed by atoms with Gasteiger partial charge in [0.2, 0.25) is 10.0 Å². The Morgan fingerprint density at radius 3 is 2.62 bits per heavy atom. The van der Waals surface area contributed by atoms with Gasteiger partial charge in [-0.2, -0.15) is 4.31 Å². The lowest BCUT2D eigenvalue weighted by Gasteiger charge is -2.20. The van der Waals surface area contributed by atoms with Crippen molar-refractivity contribution in [3.8, 4) is 0 Å². The van der Waals surface area contributed by atoms with Crippen molar-refractivity contribution in [1.29, 1.82) is 0 Å². The molecule has 2 aliphatic heterocycles. The first-order valence-corrected chi connectivity index (χ1v) is 9.15. The van der Waals surface area contributed by atoms with E-state index in [1.807, 2.05) is 0 Å². The van der Waals surface area contributed by atoms with Crippen molar-refractivity contribution in [3.05, 3.63) is 23.8 Å². The van der Waals surface area contributed by atoms with Crippen LogP contribution in [0.3, 0.4) is 0 Å². The summed E-state index contributed by atoms with van der Waals surface area (Å²) < 4.78 is 26.6. The molecule has 0 N–H and O–H groups in total. The average Bonchev–Trinajstić information content (AvgIpc) is 2.98. The minimum absolute atomic E-state index is 0.0686. The van der Waals surface area contributed by atoms with Crippen LogP contribution in [0.4, 0.5) is 5.69 Å². The Hall–Kier alpha value is -1.00. The number of carbonyl (C=O) groups excluding carboxylic acids is 2. The van der Waals surface area contributed by atoms with Gasteiger partial charge in [-0.05, 0) is 31.0 Å². The van der Waals surface area contributed by atoms with Crippen molar-refractivity contribution in [2.45, 2.75) is 21.8 Å². The molecule has 1 aromatic carbocycles. The molecule has 1 aromatic rings. The van der Waals surface area contributed by atoms with Gasteiger partial charge in [-0.25, -0.2) is 8.42 Å². The van der Waals surface area contributed by atoms with Crippen molar-refractivity contribution < 1.29 is 18.0 Å². The summed E-state index contributed by atoms with van der Waals surface area (Å²) >= 11 is 2.11. The maximum Gasteiger partial charge on any atom is 0.299 e. The molecule has 1 fully saturated rings. The number of alkyl halides is 1. The lowest BCUT2D eigenvalue weighted by molar-refractivity contribution is -0.114. The number of sulfonamides is 1. The predicted octanol–water partition coefficient (Wildman–Crippen LogP) is 1.39. The molecule has 2 aliphatic rings. The Morgan fingerprint density at radius 2 is 2.00 bits per heavy atom. The highest BCUT2D eigenvalue weighted by Crippen LogP contribution is 2.33. The number of Topliss-reactive ketones (excluding diaryl/α,β-unsaturated/α-hetero) is 1. The highest BCUT2D eigenvalue weighted by molar-refractivity contribution is 14.1. The maximum absolute atomic E-state index is 12.6. The lowest BCUT2D eigenvalue weighted by atomic mass is 10.1. The van der Waals surface area contributed by atoms with Crippen LogP contribution < -0.4 is 4.90 Å². The van der Waals surface area contributed by atoms with Gasteiger partial charge in [0.25, 0.3) is 11.7 Å². The number of halogens is 1. The zero-order valence-electron chi connectivity index (χ0n) is 11.2. The van der Waals surface area contributed by atoms with Crippen LogP contribution in [0, 0.1) is 0 Å². The number of benzene rings is 1. The minimum atomic E-state index is -3.62. The molecular weight excluding hydrogens is 407 g/mol. The number of hydrogen-bond donors (Lipinski definition) is 0. The summed E-state index contributed by atoms with van der Waals surface area (Å²) in [5.74, 6) is -1.29. The van der Waals surface area contributed by atoms with Crippen molar-refractivity contribution in [1.82, 2.24) is 4.31 Å². The van der Waals surface area contributed by atoms with Crippen LogP contribution in [0.25, 0.3) is 0 Å². The second kappa shape index (κ2) is 5.03. The van der Waals surface area contributed by atoms with Gasteiger partial charge in [-0.15, -0.1) is 0 Å². The topological polar surface area (TPSA) is 74.8 Å². The number of hydrogen-bond acceptors (Lipinski definition) is 4. The molecule has 0 bridgehead atoms. The summed E-state index contributed by atoms with van der Waals surface area (Å²) in [5.41, 5.74) is 0.615. The fourth-order valence-electron chi connectivity index (χ4n) is 2.63. The number of amides is 1. The van der Waals surface area contributed by atoms with E-state index in [4.69, 9.17) is 0 Å². The smallest absolute Gasteiger partial charge is 0.299 e. The Kier molecular flexibility index (Phi) is 3.57. The van der Waals surface area contributed by atoms with Crippen LogP contribution in [0.2, 0.25) is 0 Å².